The highest BCUT2D eigenvalue weighted by Crippen LogP contribution is 2.28. The largest absolute Gasteiger partial charge is 0.495 e. The maximum atomic E-state index is 10.5. The first kappa shape index (κ1) is 23.3. The minimum Gasteiger partial charge on any atom is -0.495 e. The molecule has 28 heavy (non-hydrogen) atoms. The summed E-state index contributed by atoms with van der Waals surface area (Å²) < 4.78 is 5.14. The fourth-order valence-electron chi connectivity index (χ4n) is 2.31. The summed E-state index contributed by atoms with van der Waals surface area (Å²) in [7, 11) is 3.50. The van der Waals surface area contributed by atoms with Gasteiger partial charge in [0.25, 0.3) is 0 Å². The Morgan fingerprint density at radius 1 is 0.929 bits per heavy atom. The van der Waals surface area contributed by atoms with Gasteiger partial charge in [-0.3, -0.25) is 9.93 Å². The summed E-state index contributed by atoms with van der Waals surface area (Å²) in [5, 5.41) is 8.46. The third-order valence-electron chi connectivity index (χ3n) is 3.73. The van der Waals surface area contributed by atoms with Crippen LogP contribution in [0.25, 0.3) is 11.1 Å². The molecule has 4 nitrogen and oxygen atoms in total. The van der Waals surface area contributed by atoms with Crippen molar-refractivity contribution >= 4 is 23.9 Å². The van der Waals surface area contributed by atoms with Gasteiger partial charge in [0, 0.05) is 24.4 Å². The molecule has 0 heterocycles. The first-order valence-corrected chi connectivity index (χ1v) is 9.93. The van der Waals surface area contributed by atoms with Gasteiger partial charge in [-0.15, -0.1) is 0 Å². The van der Waals surface area contributed by atoms with Gasteiger partial charge < -0.3 is 10.1 Å². The van der Waals surface area contributed by atoms with Gasteiger partial charge in [0.1, 0.15) is 12.0 Å². The smallest absolute Gasteiger partial charge is 0.150 e. The summed E-state index contributed by atoms with van der Waals surface area (Å²) in [5.41, 5.74) is 4.04. The molecular formula is C23H28N2O2S. The van der Waals surface area contributed by atoms with Crippen molar-refractivity contribution in [2.75, 3.05) is 19.5 Å². The number of carbonyl (C=O) groups excluding carboxylic acids is 1. The Kier molecular flexibility index (Phi) is 11.2. The Hall–Kier alpha value is -2.76. The lowest BCUT2D eigenvalue weighted by Gasteiger charge is -2.07. The average Bonchev–Trinajstić information content (AvgIpc) is 2.81. The highest BCUT2D eigenvalue weighted by atomic mass is 32.2. The van der Waals surface area contributed by atoms with Crippen molar-refractivity contribution in [3.05, 3.63) is 78.4 Å². The van der Waals surface area contributed by atoms with E-state index in [2.05, 4.69) is 17.4 Å². The standard InChI is InChI=1S/C13H10O.C8H12N2OS.C2H6/c14-10-11-6-8-13(9-7-11)12-4-2-1-3-5-12;1-10-6-3-4-8(12-9)7(5-6)11-2;1-2/h1-10H;3-5,10H,9H2,1-2H3;1-2H3. The zero-order valence-electron chi connectivity index (χ0n) is 16.8. The molecule has 0 bridgehead atoms. The lowest BCUT2D eigenvalue weighted by atomic mass is 10.0. The van der Waals surface area contributed by atoms with E-state index in [1.807, 2.05) is 81.6 Å². The lowest BCUT2D eigenvalue weighted by Crippen LogP contribution is -1.92. The van der Waals surface area contributed by atoms with Crippen molar-refractivity contribution in [3.63, 3.8) is 0 Å². The Morgan fingerprint density at radius 3 is 2.04 bits per heavy atom. The van der Waals surface area contributed by atoms with Gasteiger partial charge >= 0.3 is 0 Å². The number of hydrogen-bond acceptors (Lipinski definition) is 5. The van der Waals surface area contributed by atoms with Crippen molar-refractivity contribution in [2.45, 2.75) is 18.7 Å². The number of nitrogens with two attached hydrogens (primary N) is 1. The fourth-order valence-corrected chi connectivity index (χ4v) is 2.71. The number of rotatable bonds is 5. The summed E-state index contributed by atoms with van der Waals surface area (Å²) in [6.45, 7) is 4.00. The maximum absolute atomic E-state index is 10.5. The van der Waals surface area contributed by atoms with E-state index >= 15 is 0 Å². The fraction of sp³-hybridized carbons (Fsp3) is 0.174. The Morgan fingerprint density at radius 2 is 1.54 bits per heavy atom. The van der Waals surface area contributed by atoms with Crippen molar-refractivity contribution in [1.82, 2.24) is 0 Å². The molecule has 0 atom stereocenters. The first-order valence-electron chi connectivity index (χ1n) is 9.05. The van der Waals surface area contributed by atoms with Gasteiger partial charge in [0.05, 0.1) is 12.0 Å². The van der Waals surface area contributed by atoms with Crippen LogP contribution in [0.2, 0.25) is 0 Å². The molecule has 0 amide bonds. The lowest BCUT2D eigenvalue weighted by molar-refractivity contribution is 0.112. The number of aldehydes is 1. The molecule has 0 aliphatic heterocycles. The molecular weight excluding hydrogens is 368 g/mol. The third-order valence-corrected chi connectivity index (χ3v) is 4.32. The first-order chi connectivity index (χ1) is 13.7. The minimum absolute atomic E-state index is 0.713. The number of nitrogens with one attached hydrogen (secondary N) is 1. The second kappa shape index (κ2) is 13.4. The molecule has 3 aromatic rings. The van der Waals surface area contributed by atoms with Crippen molar-refractivity contribution < 1.29 is 9.53 Å². The molecule has 3 aromatic carbocycles. The summed E-state index contributed by atoms with van der Waals surface area (Å²) >= 11 is 1.19. The molecule has 0 unspecified atom stereocenters. The van der Waals surface area contributed by atoms with Gasteiger partial charge in [-0.25, -0.2) is 0 Å². The Bertz CT molecular complexity index is 822. The molecule has 0 aliphatic rings. The van der Waals surface area contributed by atoms with E-state index in [-0.39, 0.29) is 0 Å². The topological polar surface area (TPSA) is 64.3 Å². The number of methoxy groups -OCH3 is 1. The molecule has 148 valence electrons. The Labute approximate surface area is 172 Å². The minimum atomic E-state index is 0.713. The highest BCUT2D eigenvalue weighted by Gasteiger charge is 2.01. The van der Waals surface area contributed by atoms with Gasteiger partial charge in [0.15, 0.2) is 0 Å². The van der Waals surface area contributed by atoms with E-state index in [1.54, 1.807) is 7.11 Å². The predicted molar refractivity (Wildman–Crippen MR) is 121 cm³/mol. The average molecular weight is 397 g/mol. The van der Waals surface area contributed by atoms with Crippen LogP contribution < -0.4 is 15.2 Å². The molecule has 3 N–H and O–H groups in total. The molecule has 0 saturated carbocycles. The number of hydrogen-bond donors (Lipinski definition) is 2. The van der Waals surface area contributed by atoms with Gasteiger partial charge in [-0.1, -0.05) is 68.4 Å². The van der Waals surface area contributed by atoms with Crippen molar-refractivity contribution in [1.29, 1.82) is 0 Å². The van der Waals surface area contributed by atoms with E-state index in [4.69, 9.17) is 9.88 Å². The van der Waals surface area contributed by atoms with Gasteiger partial charge in [-0.2, -0.15) is 0 Å². The molecule has 0 spiro atoms. The van der Waals surface area contributed by atoms with E-state index < -0.39 is 0 Å². The Balaban J connectivity index is 0.000000260. The monoisotopic (exact) mass is 396 g/mol. The van der Waals surface area contributed by atoms with Crippen LogP contribution in [-0.4, -0.2) is 20.4 Å². The molecule has 0 saturated heterocycles. The van der Waals surface area contributed by atoms with Crippen LogP contribution in [0.3, 0.4) is 0 Å². The van der Waals surface area contributed by atoms with Gasteiger partial charge in [0.2, 0.25) is 0 Å². The van der Waals surface area contributed by atoms with Gasteiger partial charge in [-0.05, 0) is 35.2 Å². The molecule has 0 fully saturated rings. The van der Waals surface area contributed by atoms with Crippen molar-refractivity contribution in [3.8, 4) is 16.9 Å². The van der Waals surface area contributed by atoms with Crippen LogP contribution in [0.5, 0.6) is 5.75 Å². The quantitative estimate of drug-likeness (QED) is 0.415. The van der Waals surface area contributed by atoms with Crippen LogP contribution in [0.4, 0.5) is 5.69 Å². The SMILES string of the molecule is CC.CNc1ccc(SN)c(OC)c1.O=Cc1ccc(-c2ccccc2)cc1. The summed E-state index contributed by atoms with van der Waals surface area (Å²) in [6, 6.07) is 23.5. The predicted octanol–water partition coefficient (Wildman–Crippen LogP) is 5.90. The maximum Gasteiger partial charge on any atom is 0.150 e. The number of ether oxygens (including phenoxy) is 1. The molecule has 0 aromatic heterocycles. The van der Waals surface area contributed by atoms with Crippen LogP contribution in [-0.2, 0) is 0 Å². The zero-order valence-corrected chi connectivity index (χ0v) is 17.6. The van der Waals surface area contributed by atoms with Crippen LogP contribution in [0, 0.1) is 0 Å². The second-order valence-electron chi connectivity index (χ2n) is 5.34. The molecule has 0 aliphatic carbocycles. The van der Waals surface area contributed by atoms with Crippen molar-refractivity contribution in [2.24, 2.45) is 5.14 Å². The normalized spacial score (nSPS) is 9.18. The summed E-state index contributed by atoms with van der Waals surface area (Å²) in [6.07, 6.45) is 0.856. The molecule has 0 radical (unpaired) electrons. The zero-order chi connectivity index (χ0) is 20.8. The third kappa shape index (κ3) is 7.10. The van der Waals surface area contributed by atoms with E-state index in [0.717, 1.165) is 28.2 Å². The molecule has 5 heteroatoms. The van der Waals surface area contributed by atoms with E-state index in [0.29, 0.717) is 5.56 Å². The van der Waals surface area contributed by atoms with Crippen LogP contribution in [0.15, 0.2) is 77.7 Å². The number of carbonyl (C=O) groups is 1. The highest BCUT2D eigenvalue weighted by molar-refractivity contribution is 7.97. The summed E-state index contributed by atoms with van der Waals surface area (Å²) in [4.78, 5) is 11.4. The van der Waals surface area contributed by atoms with E-state index in [1.165, 1.54) is 17.5 Å². The summed E-state index contributed by atoms with van der Waals surface area (Å²) in [5.74, 6) is 0.800. The number of benzene rings is 3. The molecule has 3 rings (SSSR count). The second-order valence-corrected chi connectivity index (χ2v) is 6.01. The van der Waals surface area contributed by atoms with Crippen LogP contribution in [0.1, 0.15) is 24.2 Å². The van der Waals surface area contributed by atoms with E-state index in [9.17, 15) is 4.79 Å². The number of anilines is 1. The van der Waals surface area contributed by atoms with Crippen LogP contribution >= 0.6 is 11.9 Å².